The molecule has 1 saturated heterocycles. The van der Waals surface area contributed by atoms with E-state index in [9.17, 15) is 12.8 Å². The molecule has 2 aliphatic rings. The van der Waals surface area contributed by atoms with Crippen LogP contribution in [0.4, 0.5) is 4.39 Å². The largest absolute Gasteiger partial charge is 0.379 e. The smallest absolute Gasteiger partial charge is 0.311 e. The first-order chi connectivity index (χ1) is 12.0. The minimum Gasteiger partial charge on any atom is -0.379 e. The summed E-state index contributed by atoms with van der Waals surface area (Å²) < 4.78 is 49.8. The summed E-state index contributed by atoms with van der Waals surface area (Å²) in [4.78, 5) is 2.18. The second kappa shape index (κ2) is 6.40. The predicted octanol–water partition coefficient (Wildman–Crippen LogP) is 1.11. The van der Waals surface area contributed by atoms with E-state index in [4.69, 9.17) is 8.92 Å². The van der Waals surface area contributed by atoms with Gasteiger partial charge in [-0.1, -0.05) is 12.1 Å². The van der Waals surface area contributed by atoms with Gasteiger partial charge in [-0.25, -0.2) is 4.39 Å². The topological polar surface area (TPSA) is 73.7 Å². The number of hydrogen-bond donors (Lipinski definition) is 0. The molecule has 0 spiro atoms. The van der Waals surface area contributed by atoms with Crippen molar-refractivity contribution < 1.29 is 21.7 Å². The fourth-order valence-corrected chi connectivity index (χ4v) is 4.04. The molecule has 0 atom stereocenters. The van der Waals surface area contributed by atoms with Crippen LogP contribution in [0.1, 0.15) is 11.3 Å². The normalized spacial score (nSPS) is 20.0. The molecule has 0 amide bonds. The lowest BCUT2D eigenvalue weighted by Crippen LogP contribution is -2.36. The molecule has 0 saturated carbocycles. The Kier molecular flexibility index (Phi) is 4.22. The summed E-state index contributed by atoms with van der Waals surface area (Å²) in [6, 6.07) is 6.10. The molecule has 1 aromatic heterocycles. The summed E-state index contributed by atoms with van der Waals surface area (Å²) in [5.41, 5.74) is 1.61. The molecule has 9 heteroatoms. The van der Waals surface area contributed by atoms with E-state index >= 15 is 0 Å². The van der Waals surface area contributed by atoms with Crippen molar-refractivity contribution in [1.82, 2.24) is 14.7 Å². The Bertz CT molecular complexity index is 891. The molecule has 1 aromatic carbocycles. The molecular weight excluding hydrogens is 349 g/mol. The van der Waals surface area contributed by atoms with E-state index in [-0.39, 0.29) is 17.3 Å². The Hall–Kier alpha value is -1.97. The van der Waals surface area contributed by atoms with Crippen molar-refractivity contribution in [2.24, 2.45) is 0 Å². The van der Waals surface area contributed by atoms with Crippen LogP contribution in [0.15, 0.2) is 24.3 Å². The predicted molar refractivity (Wildman–Crippen MR) is 87.7 cm³/mol. The maximum atomic E-state index is 14.2. The highest BCUT2D eigenvalue weighted by molar-refractivity contribution is 7.87. The average Bonchev–Trinajstić information content (AvgIpc) is 2.92. The highest BCUT2D eigenvalue weighted by Gasteiger charge is 2.32. The number of halogens is 1. The van der Waals surface area contributed by atoms with Gasteiger partial charge in [0.25, 0.3) is 0 Å². The van der Waals surface area contributed by atoms with Gasteiger partial charge in [0.15, 0.2) is 0 Å². The number of ether oxygens (including phenoxy) is 1. The van der Waals surface area contributed by atoms with Crippen LogP contribution in [0.5, 0.6) is 5.88 Å². The number of fused-ring (bicyclic) bond motifs is 1. The standard InChI is InChI=1S/C16H18FN3O4S/c17-13-3-1-2-4-15(13)20-16-12(5-10-25(21,22)24-16)14(18-20)11-19-6-8-23-9-7-19/h1-4H,5-11H2. The summed E-state index contributed by atoms with van der Waals surface area (Å²) in [6.45, 7) is 3.42. The number of benzene rings is 1. The van der Waals surface area contributed by atoms with Gasteiger partial charge >= 0.3 is 10.1 Å². The summed E-state index contributed by atoms with van der Waals surface area (Å²) in [7, 11) is -3.68. The van der Waals surface area contributed by atoms with Crippen molar-refractivity contribution in [2.75, 3.05) is 32.1 Å². The zero-order chi connectivity index (χ0) is 17.4. The Morgan fingerprint density at radius 2 is 1.96 bits per heavy atom. The molecule has 0 N–H and O–H groups in total. The second-order valence-electron chi connectivity index (χ2n) is 6.08. The minimum absolute atomic E-state index is 0.0969. The van der Waals surface area contributed by atoms with E-state index < -0.39 is 15.9 Å². The van der Waals surface area contributed by atoms with Crippen molar-refractivity contribution in [1.29, 1.82) is 0 Å². The lowest BCUT2D eigenvalue weighted by atomic mass is 10.1. The molecule has 3 heterocycles. The minimum atomic E-state index is -3.68. The number of para-hydroxylation sites is 1. The van der Waals surface area contributed by atoms with Gasteiger partial charge in [0, 0.05) is 25.2 Å². The molecule has 25 heavy (non-hydrogen) atoms. The lowest BCUT2D eigenvalue weighted by Gasteiger charge is -2.26. The number of rotatable bonds is 3. The monoisotopic (exact) mass is 367 g/mol. The maximum absolute atomic E-state index is 14.2. The van der Waals surface area contributed by atoms with E-state index in [1.807, 2.05) is 0 Å². The Morgan fingerprint density at radius 1 is 1.20 bits per heavy atom. The summed E-state index contributed by atoms with van der Waals surface area (Å²) in [6.07, 6.45) is 0.311. The van der Waals surface area contributed by atoms with Crippen LogP contribution < -0.4 is 4.18 Å². The summed E-state index contributed by atoms with van der Waals surface area (Å²) in [5, 5.41) is 4.49. The molecule has 1 fully saturated rings. The van der Waals surface area contributed by atoms with Crippen LogP contribution >= 0.6 is 0 Å². The Labute approximate surface area is 145 Å². The molecule has 134 valence electrons. The van der Waals surface area contributed by atoms with E-state index in [0.717, 1.165) is 24.3 Å². The van der Waals surface area contributed by atoms with Gasteiger partial charge in [0.05, 0.1) is 24.7 Å². The first kappa shape index (κ1) is 16.5. The third-order valence-electron chi connectivity index (χ3n) is 4.39. The molecule has 2 aliphatic heterocycles. The van der Waals surface area contributed by atoms with Crippen LogP contribution in [-0.2, 0) is 27.8 Å². The number of aromatic nitrogens is 2. The maximum Gasteiger partial charge on any atom is 0.311 e. The number of morpholine rings is 1. The first-order valence-electron chi connectivity index (χ1n) is 8.11. The highest BCUT2D eigenvalue weighted by Crippen LogP contribution is 2.33. The van der Waals surface area contributed by atoms with Crippen LogP contribution in [-0.4, -0.2) is 55.2 Å². The Morgan fingerprint density at radius 3 is 2.72 bits per heavy atom. The molecular formula is C16H18FN3O4S. The molecule has 4 rings (SSSR count). The van der Waals surface area contributed by atoms with E-state index in [1.165, 1.54) is 10.7 Å². The van der Waals surface area contributed by atoms with Crippen molar-refractivity contribution in [3.63, 3.8) is 0 Å². The van der Waals surface area contributed by atoms with Gasteiger partial charge < -0.3 is 8.92 Å². The van der Waals surface area contributed by atoms with Crippen molar-refractivity contribution >= 4 is 10.1 Å². The Balaban J connectivity index is 1.77. The van der Waals surface area contributed by atoms with Gasteiger partial charge in [-0.3, -0.25) is 4.90 Å². The highest BCUT2D eigenvalue weighted by atomic mass is 32.2. The SMILES string of the molecule is O=S1(=O)CCc2c(CN3CCOCC3)nn(-c3ccccc3F)c2O1. The fraction of sp³-hybridized carbons (Fsp3) is 0.438. The molecule has 0 bridgehead atoms. The third kappa shape index (κ3) is 3.26. The van der Waals surface area contributed by atoms with Gasteiger partial charge in [0.1, 0.15) is 11.5 Å². The van der Waals surface area contributed by atoms with E-state index in [0.29, 0.717) is 26.2 Å². The zero-order valence-corrected chi connectivity index (χ0v) is 14.3. The van der Waals surface area contributed by atoms with Gasteiger partial charge in [-0.2, -0.15) is 18.2 Å². The van der Waals surface area contributed by atoms with Gasteiger partial charge in [-0.05, 0) is 18.6 Å². The average molecular weight is 367 g/mol. The molecule has 0 unspecified atom stereocenters. The summed E-state index contributed by atoms with van der Waals surface area (Å²) in [5.74, 6) is -0.490. The number of hydrogen-bond acceptors (Lipinski definition) is 6. The van der Waals surface area contributed by atoms with Crippen LogP contribution in [0.25, 0.3) is 5.69 Å². The first-order valence-corrected chi connectivity index (χ1v) is 9.69. The molecule has 0 aliphatic carbocycles. The van der Waals surface area contributed by atoms with Gasteiger partial charge in [-0.15, -0.1) is 0 Å². The third-order valence-corrected chi connectivity index (χ3v) is 5.50. The van der Waals surface area contributed by atoms with Crippen LogP contribution in [0.2, 0.25) is 0 Å². The quantitative estimate of drug-likeness (QED) is 0.757. The summed E-state index contributed by atoms with van der Waals surface area (Å²) >= 11 is 0. The second-order valence-corrected chi connectivity index (χ2v) is 7.77. The van der Waals surface area contributed by atoms with Crippen molar-refractivity contribution in [2.45, 2.75) is 13.0 Å². The van der Waals surface area contributed by atoms with Gasteiger partial charge in [0.2, 0.25) is 5.88 Å². The van der Waals surface area contributed by atoms with E-state index in [1.54, 1.807) is 18.2 Å². The fourth-order valence-electron chi connectivity index (χ4n) is 3.09. The van der Waals surface area contributed by atoms with E-state index in [2.05, 4.69) is 10.00 Å². The molecule has 7 nitrogen and oxygen atoms in total. The lowest BCUT2D eigenvalue weighted by molar-refractivity contribution is 0.0335. The number of nitrogens with zero attached hydrogens (tertiary/aromatic N) is 3. The van der Waals surface area contributed by atoms with Crippen LogP contribution in [0.3, 0.4) is 0 Å². The molecule has 0 radical (unpaired) electrons. The zero-order valence-electron chi connectivity index (χ0n) is 13.5. The molecule has 2 aromatic rings. The van der Waals surface area contributed by atoms with Crippen molar-refractivity contribution in [3.8, 4) is 11.6 Å². The van der Waals surface area contributed by atoms with Crippen molar-refractivity contribution in [3.05, 3.63) is 41.3 Å². The van der Waals surface area contributed by atoms with Crippen LogP contribution in [0, 0.1) is 5.82 Å².